The molecule has 5 nitrogen and oxygen atoms in total. The summed E-state index contributed by atoms with van der Waals surface area (Å²) < 4.78 is 118. The topological polar surface area (TPSA) is 75.6 Å². The van der Waals surface area contributed by atoms with Crippen molar-refractivity contribution in [2.45, 2.75) is 38.2 Å². The van der Waals surface area contributed by atoms with Crippen molar-refractivity contribution in [3.63, 3.8) is 0 Å². The molecule has 0 aliphatic rings. The number of fused-ring (bicyclic) bond motifs is 3. The zero-order chi connectivity index (χ0) is 49.1. The molecular formula is C52H40N4O. The van der Waals surface area contributed by atoms with Crippen molar-refractivity contribution in [2.24, 2.45) is 0 Å². The summed E-state index contributed by atoms with van der Waals surface area (Å²) in [6.45, 7) is 0. The lowest BCUT2D eigenvalue weighted by Gasteiger charge is -2.12. The fourth-order valence-corrected chi connectivity index (χ4v) is 6.47. The van der Waals surface area contributed by atoms with Gasteiger partial charge in [0.15, 0.2) is 0 Å². The van der Waals surface area contributed by atoms with Crippen molar-refractivity contribution in [1.82, 2.24) is 15.0 Å². The van der Waals surface area contributed by atoms with Gasteiger partial charge in [0.2, 0.25) is 0 Å². The Morgan fingerprint density at radius 2 is 0.947 bits per heavy atom. The van der Waals surface area contributed by atoms with Gasteiger partial charge in [0, 0.05) is 62.5 Å². The van der Waals surface area contributed by atoms with Gasteiger partial charge in [-0.3, -0.25) is 15.0 Å². The molecule has 0 bridgehead atoms. The van der Waals surface area contributed by atoms with E-state index in [0.29, 0.717) is 39.4 Å². The molecule has 0 saturated heterocycles. The fourth-order valence-electron chi connectivity index (χ4n) is 6.47. The highest BCUT2D eigenvalue weighted by Gasteiger charge is 2.14. The van der Waals surface area contributed by atoms with Crippen molar-refractivity contribution in [1.29, 1.82) is 5.26 Å². The van der Waals surface area contributed by atoms with Crippen LogP contribution < -0.4 is 0 Å². The summed E-state index contributed by atoms with van der Waals surface area (Å²) >= 11 is 0. The number of para-hydroxylation sites is 1. The minimum atomic E-state index is -3.11. The van der Waals surface area contributed by atoms with Gasteiger partial charge in [-0.1, -0.05) is 109 Å². The lowest BCUT2D eigenvalue weighted by molar-refractivity contribution is 0.670. The van der Waals surface area contributed by atoms with Crippen LogP contribution in [0, 0.1) is 11.3 Å². The van der Waals surface area contributed by atoms with Crippen LogP contribution in [0.3, 0.4) is 0 Å². The standard InChI is InChI=1S/C52H40N4O/c53-32-42-23-27-51-47(31-42)45-12-7-13-46(52(45)57-51)50-26-22-38(35-56-50)16-19-41-29-39(17-14-36-20-24-48(54-33-36)43-8-3-1-4-9-43)28-40(30-41)18-15-37-21-25-49(55-34-37)44-10-5-2-6-11-44/h1-13,20-31,33-35H,14-19H2/i14D2,15D2,16D2,17D2,18D2,19D2. The number of aromatic nitrogens is 3. The number of benzene rings is 5. The van der Waals surface area contributed by atoms with Gasteiger partial charge in [-0.05, 0) is 114 Å². The van der Waals surface area contributed by atoms with Crippen LogP contribution in [0.4, 0.5) is 0 Å². The van der Waals surface area contributed by atoms with E-state index >= 15 is 0 Å². The molecule has 0 N–H and O–H groups in total. The van der Waals surface area contributed by atoms with Crippen molar-refractivity contribution >= 4 is 21.9 Å². The van der Waals surface area contributed by atoms with Gasteiger partial charge in [-0.2, -0.15) is 5.26 Å². The lowest BCUT2D eigenvalue weighted by Crippen LogP contribution is -2.00. The lowest BCUT2D eigenvalue weighted by atomic mass is 9.94. The molecule has 57 heavy (non-hydrogen) atoms. The van der Waals surface area contributed by atoms with Crippen LogP contribution in [0.15, 0.2) is 175 Å². The summed E-state index contributed by atoms with van der Waals surface area (Å²) in [6, 6.07) is 42.4. The molecule has 0 aliphatic carbocycles. The van der Waals surface area contributed by atoms with E-state index in [2.05, 4.69) is 21.0 Å². The molecule has 5 heteroatoms. The molecule has 0 amide bonds. The second-order valence-corrected chi connectivity index (χ2v) is 13.2. The van der Waals surface area contributed by atoms with Gasteiger partial charge in [0.1, 0.15) is 11.2 Å². The van der Waals surface area contributed by atoms with E-state index in [1.165, 1.54) is 42.9 Å². The maximum absolute atomic E-state index is 9.47. The number of hydrogen-bond acceptors (Lipinski definition) is 5. The molecule has 0 spiro atoms. The van der Waals surface area contributed by atoms with Gasteiger partial charge in [0.05, 0.1) is 28.7 Å². The van der Waals surface area contributed by atoms with Crippen molar-refractivity contribution in [3.8, 4) is 39.8 Å². The van der Waals surface area contributed by atoms with Crippen LogP contribution in [0.5, 0.6) is 0 Å². The molecule has 5 aromatic carbocycles. The smallest absolute Gasteiger partial charge is 0.144 e. The number of nitrogens with zero attached hydrogens (tertiary/aromatic N) is 4. The normalized spacial score (nSPS) is 15.8. The Hall–Kier alpha value is -7.16. The molecule has 0 radical (unpaired) electrons. The number of hydrogen-bond donors (Lipinski definition) is 0. The second kappa shape index (κ2) is 16.3. The molecule has 0 saturated carbocycles. The number of rotatable bonds is 12. The maximum Gasteiger partial charge on any atom is 0.144 e. The molecule has 0 fully saturated rings. The van der Waals surface area contributed by atoms with Crippen molar-refractivity contribution < 1.29 is 20.9 Å². The molecule has 9 aromatic rings. The summed E-state index contributed by atoms with van der Waals surface area (Å²) in [7, 11) is 0. The molecule has 0 aliphatic heterocycles. The van der Waals surface area contributed by atoms with E-state index < -0.39 is 54.9 Å². The monoisotopic (exact) mass is 748 g/mol. The largest absolute Gasteiger partial charge is 0.455 e. The third-order valence-corrected chi connectivity index (χ3v) is 9.32. The summed E-state index contributed by atoms with van der Waals surface area (Å²) in [5, 5.41) is 10.9. The number of aryl methyl sites for hydroxylation is 6. The van der Waals surface area contributed by atoms with Crippen LogP contribution in [-0.2, 0) is 38.2 Å². The van der Waals surface area contributed by atoms with E-state index in [0.717, 1.165) is 40.1 Å². The first-order valence-electron chi connectivity index (χ1n) is 24.2. The van der Waals surface area contributed by atoms with Gasteiger partial charge in [0.25, 0.3) is 0 Å². The minimum Gasteiger partial charge on any atom is -0.455 e. The Labute approximate surface area is 349 Å². The molecule has 4 heterocycles. The number of furan rings is 1. The summed E-state index contributed by atoms with van der Waals surface area (Å²) in [5.41, 5.74) is 2.56. The van der Waals surface area contributed by atoms with Gasteiger partial charge in [-0.15, -0.1) is 0 Å². The third kappa shape index (κ3) is 8.12. The molecular weight excluding hydrogens is 697 g/mol. The average Bonchev–Trinajstić information content (AvgIpc) is 3.75. The Morgan fingerprint density at radius 3 is 1.42 bits per heavy atom. The minimum absolute atomic E-state index is 0.184. The van der Waals surface area contributed by atoms with E-state index in [1.54, 1.807) is 42.5 Å². The summed E-state index contributed by atoms with van der Waals surface area (Å²) in [4.78, 5) is 13.3. The van der Waals surface area contributed by atoms with Crippen molar-refractivity contribution in [3.05, 3.63) is 209 Å². The average molecular weight is 749 g/mol. The highest BCUT2D eigenvalue weighted by Crippen LogP contribution is 2.35. The second-order valence-electron chi connectivity index (χ2n) is 13.2. The predicted octanol–water partition coefficient (Wildman–Crippen LogP) is 12.0. The van der Waals surface area contributed by atoms with Crippen LogP contribution in [-0.4, -0.2) is 15.0 Å². The first kappa shape index (κ1) is 24.4. The first-order chi connectivity index (χ1) is 32.7. The zero-order valence-electron chi connectivity index (χ0n) is 42.4. The van der Waals surface area contributed by atoms with Crippen LogP contribution in [0.1, 0.15) is 55.4 Å². The molecule has 9 rings (SSSR count). The van der Waals surface area contributed by atoms with Crippen LogP contribution >= 0.6 is 0 Å². The number of nitriles is 1. The zero-order valence-corrected chi connectivity index (χ0v) is 30.4. The predicted molar refractivity (Wildman–Crippen MR) is 230 cm³/mol. The van der Waals surface area contributed by atoms with Gasteiger partial charge in [-0.25, -0.2) is 0 Å². The summed E-state index contributed by atoms with van der Waals surface area (Å²) in [5.74, 6) is 0. The van der Waals surface area contributed by atoms with Crippen LogP contribution in [0.25, 0.3) is 55.7 Å². The Morgan fingerprint density at radius 1 is 0.456 bits per heavy atom. The molecule has 274 valence electrons. The van der Waals surface area contributed by atoms with Crippen molar-refractivity contribution in [2.75, 3.05) is 0 Å². The Kier molecular flexibility index (Phi) is 6.97. The van der Waals surface area contributed by atoms with E-state index in [9.17, 15) is 21.7 Å². The third-order valence-electron chi connectivity index (χ3n) is 9.32. The maximum atomic E-state index is 9.47. The fraction of sp³-hybridized carbons (Fsp3) is 0.115. The Bertz CT molecular complexity index is 3270. The number of pyridine rings is 3. The van der Waals surface area contributed by atoms with E-state index in [1.807, 2.05) is 66.7 Å². The molecule has 0 unspecified atom stereocenters. The van der Waals surface area contributed by atoms with Gasteiger partial charge >= 0.3 is 0 Å². The quantitative estimate of drug-likeness (QED) is 0.124. The van der Waals surface area contributed by atoms with E-state index in [4.69, 9.17) is 4.42 Å². The molecule has 4 aromatic heterocycles. The molecule has 0 atom stereocenters. The highest BCUT2D eigenvalue weighted by molar-refractivity contribution is 6.09. The van der Waals surface area contributed by atoms with Gasteiger partial charge < -0.3 is 4.42 Å². The SMILES string of the molecule is [2H]C([2H])(c1ccc(-c2ccccc2)nc1)C([2H])([2H])c1cc(C([2H])([2H])C([2H])([2H])c2ccc(-c3ccccc3)nc2)cc(C([2H])([2H])C([2H])([2H])c2ccc(-c3cccc4c3oc3ccc(C#N)cc34)nc2)c1. The first-order valence-corrected chi connectivity index (χ1v) is 18.2. The summed E-state index contributed by atoms with van der Waals surface area (Å²) in [6.07, 6.45) is -14.5. The highest BCUT2D eigenvalue weighted by atomic mass is 16.3. The van der Waals surface area contributed by atoms with Crippen LogP contribution in [0.2, 0.25) is 0 Å². The van der Waals surface area contributed by atoms with E-state index in [-0.39, 0.29) is 16.7 Å². The Balaban J connectivity index is 1.13.